The van der Waals surface area contributed by atoms with Crippen molar-refractivity contribution in [1.29, 1.82) is 0 Å². The number of carbonyl (C=O) groups is 1. The van der Waals surface area contributed by atoms with Crippen molar-refractivity contribution in [3.05, 3.63) is 33.8 Å². The van der Waals surface area contributed by atoms with Crippen molar-refractivity contribution in [1.82, 2.24) is 5.32 Å². The van der Waals surface area contributed by atoms with Gasteiger partial charge in [0.1, 0.15) is 0 Å². The van der Waals surface area contributed by atoms with Gasteiger partial charge in [-0.25, -0.2) is 0 Å². The molecular formula is C13H14Br2F3NO. The van der Waals surface area contributed by atoms with Gasteiger partial charge < -0.3 is 5.32 Å². The highest BCUT2D eigenvalue weighted by Gasteiger charge is 2.31. The van der Waals surface area contributed by atoms with Crippen LogP contribution in [0.25, 0.3) is 0 Å². The first-order valence-electron chi connectivity index (χ1n) is 6.07. The third-order valence-electron chi connectivity index (χ3n) is 2.63. The molecule has 1 aromatic carbocycles. The molecule has 0 unspecified atom stereocenters. The summed E-state index contributed by atoms with van der Waals surface area (Å²) >= 11 is 6.40. The molecule has 1 rings (SSSR count). The van der Waals surface area contributed by atoms with Crippen LogP contribution in [0.2, 0.25) is 0 Å². The van der Waals surface area contributed by atoms with Crippen molar-refractivity contribution in [3.8, 4) is 0 Å². The molecule has 0 aromatic heterocycles. The number of alkyl halides is 4. The first-order valence-corrected chi connectivity index (χ1v) is 7.98. The Hall–Kier alpha value is -0.560. The number of rotatable bonds is 6. The maximum atomic E-state index is 12.6. The summed E-state index contributed by atoms with van der Waals surface area (Å²) < 4.78 is 38.2. The number of halogens is 5. The Kier molecular flexibility index (Phi) is 7.02. The standard InChI is InChI=1S/C13H14Br2F3NO/c14-6-2-1-3-7-19-12(20)10-8-9(13(16,17)18)4-5-11(10)15/h4-5,8H,1-3,6-7H2,(H,19,20). The molecule has 0 radical (unpaired) electrons. The Morgan fingerprint density at radius 1 is 1.20 bits per heavy atom. The number of nitrogens with one attached hydrogen (secondary N) is 1. The summed E-state index contributed by atoms with van der Waals surface area (Å²) in [5.41, 5.74) is -0.828. The third kappa shape index (κ3) is 5.44. The minimum atomic E-state index is -4.45. The summed E-state index contributed by atoms with van der Waals surface area (Å²) in [6, 6.07) is 3.04. The summed E-state index contributed by atoms with van der Waals surface area (Å²) in [6.45, 7) is 0.453. The van der Waals surface area contributed by atoms with Crippen molar-refractivity contribution in [2.75, 3.05) is 11.9 Å². The van der Waals surface area contributed by atoms with Crippen molar-refractivity contribution in [2.45, 2.75) is 25.4 Å². The second-order valence-corrected chi connectivity index (χ2v) is 5.85. The van der Waals surface area contributed by atoms with Gasteiger partial charge in [0.2, 0.25) is 0 Å². The fourth-order valence-corrected chi connectivity index (χ4v) is 2.39. The maximum Gasteiger partial charge on any atom is 0.416 e. The van der Waals surface area contributed by atoms with Crippen LogP contribution in [-0.4, -0.2) is 17.8 Å². The first kappa shape index (κ1) is 17.5. The Labute approximate surface area is 132 Å². The Bertz CT molecular complexity index is 463. The van der Waals surface area contributed by atoms with Gasteiger partial charge in [-0.3, -0.25) is 4.79 Å². The molecule has 0 saturated heterocycles. The van der Waals surface area contributed by atoms with Gasteiger partial charge in [0.25, 0.3) is 5.91 Å². The van der Waals surface area contributed by atoms with E-state index in [0.29, 0.717) is 11.0 Å². The lowest BCUT2D eigenvalue weighted by Gasteiger charge is -2.11. The molecule has 0 atom stereocenters. The average molecular weight is 417 g/mol. The Morgan fingerprint density at radius 3 is 2.50 bits per heavy atom. The number of carbonyl (C=O) groups excluding carboxylic acids is 1. The van der Waals surface area contributed by atoms with E-state index in [4.69, 9.17) is 0 Å². The number of amides is 1. The third-order valence-corrected chi connectivity index (χ3v) is 3.89. The van der Waals surface area contributed by atoms with E-state index in [0.717, 1.165) is 36.7 Å². The molecule has 0 saturated carbocycles. The van der Waals surface area contributed by atoms with Crippen LogP contribution in [0.1, 0.15) is 35.2 Å². The van der Waals surface area contributed by atoms with E-state index < -0.39 is 17.6 Å². The van der Waals surface area contributed by atoms with Gasteiger partial charge in [-0.2, -0.15) is 13.2 Å². The van der Waals surface area contributed by atoms with Crippen LogP contribution >= 0.6 is 31.9 Å². The summed E-state index contributed by atoms with van der Waals surface area (Å²) in [5, 5.41) is 3.53. The van der Waals surface area contributed by atoms with Gasteiger partial charge in [-0.1, -0.05) is 22.4 Å². The fraction of sp³-hybridized carbons (Fsp3) is 0.462. The molecule has 0 aliphatic rings. The summed E-state index contributed by atoms with van der Waals surface area (Å²) in [7, 11) is 0. The SMILES string of the molecule is O=C(NCCCCCBr)c1cc(C(F)(F)F)ccc1Br. The number of benzene rings is 1. The largest absolute Gasteiger partial charge is 0.416 e. The van der Waals surface area contributed by atoms with E-state index in [1.807, 2.05) is 0 Å². The number of hydrogen-bond acceptors (Lipinski definition) is 1. The van der Waals surface area contributed by atoms with E-state index in [1.165, 1.54) is 6.07 Å². The van der Waals surface area contributed by atoms with Crippen LogP contribution in [0.4, 0.5) is 13.2 Å². The van der Waals surface area contributed by atoms with Gasteiger partial charge in [-0.15, -0.1) is 0 Å². The lowest BCUT2D eigenvalue weighted by molar-refractivity contribution is -0.137. The molecule has 0 bridgehead atoms. The van der Waals surface area contributed by atoms with Gasteiger partial charge in [0, 0.05) is 16.3 Å². The molecule has 0 fully saturated rings. The van der Waals surface area contributed by atoms with Crippen LogP contribution in [0, 0.1) is 0 Å². The minimum absolute atomic E-state index is 0.000293. The summed E-state index contributed by atoms with van der Waals surface area (Å²) in [6.07, 6.45) is -1.70. The average Bonchev–Trinajstić information content (AvgIpc) is 2.37. The molecule has 112 valence electrons. The second-order valence-electron chi connectivity index (χ2n) is 4.20. The van der Waals surface area contributed by atoms with Crippen LogP contribution in [0.5, 0.6) is 0 Å². The highest BCUT2D eigenvalue weighted by atomic mass is 79.9. The zero-order valence-electron chi connectivity index (χ0n) is 10.6. The second kappa shape index (κ2) is 8.02. The lowest BCUT2D eigenvalue weighted by Crippen LogP contribution is -2.25. The molecule has 1 N–H and O–H groups in total. The van der Waals surface area contributed by atoms with E-state index in [2.05, 4.69) is 37.2 Å². The lowest BCUT2D eigenvalue weighted by atomic mass is 10.1. The predicted octanol–water partition coefficient (Wildman–Crippen LogP) is 4.76. The molecule has 1 amide bonds. The number of hydrogen-bond donors (Lipinski definition) is 1. The van der Waals surface area contributed by atoms with E-state index in [1.54, 1.807) is 0 Å². The first-order chi connectivity index (χ1) is 9.36. The number of unbranched alkanes of at least 4 members (excludes halogenated alkanes) is 2. The molecule has 0 heterocycles. The quantitative estimate of drug-likeness (QED) is 0.525. The monoisotopic (exact) mass is 415 g/mol. The van der Waals surface area contributed by atoms with E-state index in [9.17, 15) is 18.0 Å². The van der Waals surface area contributed by atoms with Gasteiger partial charge in [0.15, 0.2) is 0 Å². The van der Waals surface area contributed by atoms with Gasteiger partial charge >= 0.3 is 6.18 Å². The molecule has 7 heteroatoms. The van der Waals surface area contributed by atoms with Crippen molar-refractivity contribution >= 4 is 37.8 Å². The van der Waals surface area contributed by atoms with Crippen LogP contribution in [0.3, 0.4) is 0 Å². The molecule has 0 spiro atoms. The van der Waals surface area contributed by atoms with Gasteiger partial charge in [0.05, 0.1) is 11.1 Å². The normalized spacial score (nSPS) is 11.4. The maximum absolute atomic E-state index is 12.6. The smallest absolute Gasteiger partial charge is 0.352 e. The zero-order valence-corrected chi connectivity index (χ0v) is 13.7. The van der Waals surface area contributed by atoms with E-state index in [-0.39, 0.29) is 5.56 Å². The van der Waals surface area contributed by atoms with Gasteiger partial charge in [-0.05, 0) is 47.0 Å². The van der Waals surface area contributed by atoms with Crippen LogP contribution < -0.4 is 5.32 Å². The van der Waals surface area contributed by atoms with Crippen molar-refractivity contribution < 1.29 is 18.0 Å². The zero-order chi connectivity index (χ0) is 15.2. The van der Waals surface area contributed by atoms with Crippen molar-refractivity contribution in [2.24, 2.45) is 0 Å². The molecule has 0 aliphatic carbocycles. The summed E-state index contributed by atoms with van der Waals surface area (Å²) in [5.74, 6) is -0.498. The highest BCUT2D eigenvalue weighted by Crippen LogP contribution is 2.31. The van der Waals surface area contributed by atoms with E-state index >= 15 is 0 Å². The topological polar surface area (TPSA) is 29.1 Å². The Balaban J connectivity index is 2.67. The molecule has 1 aromatic rings. The highest BCUT2D eigenvalue weighted by molar-refractivity contribution is 9.10. The summed E-state index contributed by atoms with van der Waals surface area (Å²) in [4.78, 5) is 11.9. The van der Waals surface area contributed by atoms with Crippen LogP contribution in [0.15, 0.2) is 22.7 Å². The Morgan fingerprint density at radius 2 is 1.90 bits per heavy atom. The predicted molar refractivity (Wildman–Crippen MR) is 79.1 cm³/mol. The minimum Gasteiger partial charge on any atom is -0.352 e. The van der Waals surface area contributed by atoms with Crippen LogP contribution in [-0.2, 0) is 6.18 Å². The fourth-order valence-electron chi connectivity index (χ4n) is 1.57. The molecular weight excluding hydrogens is 403 g/mol. The van der Waals surface area contributed by atoms with Crippen molar-refractivity contribution in [3.63, 3.8) is 0 Å². The molecule has 0 aliphatic heterocycles. The molecule has 20 heavy (non-hydrogen) atoms. The molecule has 2 nitrogen and oxygen atoms in total.